The summed E-state index contributed by atoms with van der Waals surface area (Å²) in [6.07, 6.45) is -0.174. The Balaban J connectivity index is 2.13. The molecule has 0 saturated carbocycles. The molecule has 0 N–H and O–H groups in total. The molecule has 0 aromatic heterocycles. The van der Waals surface area contributed by atoms with Crippen molar-refractivity contribution < 1.29 is 32.1 Å². The Morgan fingerprint density at radius 1 is 1.03 bits per heavy atom. The first-order chi connectivity index (χ1) is 14.8. The Kier molecular flexibility index (Phi) is 9.85. The van der Waals surface area contributed by atoms with Gasteiger partial charge in [-0.05, 0) is 38.0 Å². The number of carbonyl (C=O) groups excluding carboxylic acids is 1. The van der Waals surface area contributed by atoms with E-state index in [1.165, 1.54) is 6.07 Å². The summed E-state index contributed by atoms with van der Waals surface area (Å²) >= 11 is 0. The molecule has 0 aliphatic heterocycles. The van der Waals surface area contributed by atoms with Crippen LogP contribution in [0.5, 0.6) is 0 Å². The van der Waals surface area contributed by atoms with Gasteiger partial charge in [0.2, 0.25) is 6.29 Å². The van der Waals surface area contributed by atoms with E-state index in [4.69, 9.17) is 18.3 Å². The molecule has 2 aromatic carbocycles. The standard InChI is InChI=1S/C23H30FO6P/c1-5-11-22(30-31(26,27-6-2)28-7-3)29-23(25)17(4)19-14-15-20(21(24)16-19)18-12-9-8-10-13-18/h8-10,12-17,22H,5-7,11H2,1-4H3. The van der Waals surface area contributed by atoms with Gasteiger partial charge in [-0.3, -0.25) is 13.8 Å². The van der Waals surface area contributed by atoms with Crippen molar-refractivity contribution in [1.29, 1.82) is 0 Å². The fourth-order valence-corrected chi connectivity index (χ4v) is 4.21. The van der Waals surface area contributed by atoms with E-state index in [0.717, 1.165) is 5.56 Å². The van der Waals surface area contributed by atoms with Crippen LogP contribution in [0.15, 0.2) is 48.5 Å². The minimum absolute atomic E-state index is 0.119. The lowest BCUT2D eigenvalue weighted by atomic mass is 9.97. The molecule has 0 fully saturated rings. The molecular formula is C23H30FO6P. The predicted octanol–water partition coefficient (Wildman–Crippen LogP) is 6.46. The van der Waals surface area contributed by atoms with E-state index in [1.807, 2.05) is 37.3 Å². The van der Waals surface area contributed by atoms with Gasteiger partial charge in [0, 0.05) is 12.0 Å². The fourth-order valence-electron chi connectivity index (χ4n) is 2.95. The third-order valence-electron chi connectivity index (χ3n) is 4.52. The molecule has 0 aliphatic rings. The molecule has 0 aliphatic carbocycles. The highest BCUT2D eigenvalue weighted by molar-refractivity contribution is 7.48. The summed E-state index contributed by atoms with van der Waals surface area (Å²) in [5.74, 6) is -1.80. The fraction of sp³-hybridized carbons (Fsp3) is 0.435. The van der Waals surface area contributed by atoms with Gasteiger partial charge in [-0.25, -0.2) is 13.5 Å². The molecule has 0 heterocycles. The van der Waals surface area contributed by atoms with Crippen LogP contribution in [-0.4, -0.2) is 25.5 Å². The summed E-state index contributed by atoms with van der Waals surface area (Å²) in [7, 11) is -3.85. The molecule has 2 aromatic rings. The van der Waals surface area contributed by atoms with Crippen LogP contribution >= 0.6 is 7.82 Å². The second-order valence-electron chi connectivity index (χ2n) is 6.87. The maximum absolute atomic E-state index is 14.7. The summed E-state index contributed by atoms with van der Waals surface area (Å²) in [4.78, 5) is 12.7. The summed E-state index contributed by atoms with van der Waals surface area (Å²) in [6, 6.07) is 13.8. The van der Waals surface area contributed by atoms with Gasteiger partial charge in [-0.2, -0.15) is 0 Å². The van der Waals surface area contributed by atoms with Crippen LogP contribution in [-0.2, 0) is 27.7 Å². The Labute approximate surface area is 183 Å². The van der Waals surface area contributed by atoms with E-state index in [-0.39, 0.29) is 13.2 Å². The smallest absolute Gasteiger partial charge is 0.435 e. The predicted molar refractivity (Wildman–Crippen MR) is 117 cm³/mol. The highest BCUT2D eigenvalue weighted by Crippen LogP contribution is 2.51. The molecule has 0 bridgehead atoms. The van der Waals surface area contributed by atoms with Crippen LogP contribution in [0.3, 0.4) is 0 Å². The van der Waals surface area contributed by atoms with E-state index in [1.54, 1.807) is 32.9 Å². The Bertz CT molecular complexity index is 879. The summed E-state index contributed by atoms with van der Waals surface area (Å²) in [5.41, 5.74) is 1.67. The van der Waals surface area contributed by atoms with Crippen LogP contribution in [0, 0.1) is 5.82 Å². The van der Waals surface area contributed by atoms with Crippen molar-refractivity contribution >= 4 is 13.8 Å². The Morgan fingerprint density at radius 2 is 1.68 bits per heavy atom. The average Bonchev–Trinajstić information content (AvgIpc) is 2.74. The normalized spacial score (nSPS) is 13.6. The second kappa shape index (κ2) is 12.1. The van der Waals surface area contributed by atoms with Crippen LogP contribution in [0.2, 0.25) is 0 Å². The third kappa shape index (κ3) is 7.25. The highest BCUT2D eigenvalue weighted by Gasteiger charge is 2.32. The van der Waals surface area contributed by atoms with E-state index in [9.17, 15) is 13.8 Å². The molecule has 0 amide bonds. The minimum atomic E-state index is -3.85. The summed E-state index contributed by atoms with van der Waals surface area (Å²) in [6.45, 7) is 7.04. The molecule has 2 rings (SSSR count). The number of rotatable bonds is 12. The molecule has 0 saturated heterocycles. The van der Waals surface area contributed by atoms with Gasteiger partial charge >= 0.3 is 13.8 Å². The average molecular weight is 452 g/mol. The van der Waals surface area contributed by atoms with Crippen LogP contribution in [0.1, 0.15) is 52.0 Å². The Hall–Kier alpha value is -2.05. The van der Waals surface area contributed by atoms with Crippen molar-refractivity contribution in [3.05, 3.63) is 59.9 Å². The zero-order valence-corrected chi connectivity index (χ0v) is 19.3. The van der Waals surface area contributed by atoms with Crippen molar-refractivity contribution in [2.75, 3.05) is 13.2 Å². The molecule has 0 spiro atoms. The lowest BCUT2D eigenvalue weighted by Crippen LogP contribution is -2.24. The lowest BCUT2D eigenvalue weighted by molar-refractivity contribution is -0.168. The topological polar surface area (TPSA) is 71.1 Å². The molecule has 170 valence electrons. The van der Waals surface area contributed by atoms with Gasteiger partial charge < -0.3 is 4.74 Å². The highest BCUT2D eigenvalue weighted by atomic mass is 31.2. The first kappa shape index (κ1) is 25.2. The number of phosphoric ester groups is 1. The molecule has 8 heteroatoms. The van der Waals surface area contributed by atoms with Gasteiger partial charge in [0.15, 0.2) is 0 Å². The molecule has 31 heavy (non-hydrogen) atoms. The molecular weight excluding hydrogens is 422 g/mol. The van der Waals surface area contributed by atoms with E-state index in [0.29, 0.717) is 24.0 Å². The maximum Gasteiger partial charge on any atom is 0.477 e. The van der Waals surface area contributed by atoms with Gasteiger partial charge in [-0.1, -0.05) is 55.8 Å². The zero-order valence-electron chi connectivity index (χ0n) is 18.4. The van der Waals surface area contributed by atoms with Crippen molar-refractivity contribution in [2.45, 2.75) is 52.7 Å². The monoisotopic (exact) mass is 452 g/mol. The van der Waals surface area contributed by atoms with E-state index in [2.05, 4.69) is 0 Å². The SMILES string of the molecule is CCCC(OC(=O)C(C)c1ccc(-c2ccccc2)c(F)c1)OP(=O)(OCC)OCC. The molecule has 0 radical (unpaired) electrons. The van der Waals surface area contributed by atoms with E-state index >= 15 is 0 Å². The number of hydrogen-bond donors (Lipinski definition) is 0. The molecule has 2 atom stereocenters. The van der Waals surface area contributed by atoms with Crippen molar-refractivity contribution in [2.24, 2.45) is 0 Å². The first-order valence-electron chi connectivity index (χ1n) is 10.5. The maximum atomic E-state index is 14.7. The van der Waals surface area contributed by atoms with Crippen molar-refractivity contribution in [3.8, 4) is 11.1 Å². The third-order valence-corrected chi connectivity index (χ3v) is 6.17. The number of esters is 1. The van der Waals surface area contributed by atoms with Crippen molar-refractivity contribution in [1.82, 2.24) is 0 Å². The quantitative estimate of drug-likeness (QED) is 0.209. The number of carbonyl (C=O) groups is 1. The Morgan fingerprint density at radius 3 is 2.23 bits per heavy atom. The number of ether oxygens (including phenoxy) is 1. The van der Waals surface area contributed by atoms with Gasteiger partial charge in [0.05, 0.1) is 19.1 Å². The van der Waals surface area contributed by atoms with Crippen molar-refractivity contribution in [3.63, 3.8) is 0 Å². The molecule has 2 unspecified atom stereocenters. The van der Waals surface area contributed by atoms with Gasteiger partial charge in [0.1, 0.15) is 5.82 Å². The number of hydrogen-bond acceptors (Lipinski definition) is 6. The summed E-state index contributed by atoms with van der Waals surface area (Å²) in [5, 5.41) is 0. The van der Waals surface area contributed by atoms with Crippen LogP contribution in [0.25, 0.3) is 11.1 Å². The number of phosphoric acid groups is 1. The lowest BCUT2D eigenvalue weighted by Gasteiger charge is -2.24. The van der Waals surface area contributed by atoms with Gasteiger partial charge in [-0.15, -0.1) is 0 Å². The number of benzene rings is 2. The summed E-state index contributed by atoms with van der Waals surface area (Å²) < 4.78 is 48.4. The second-order valence-corrected chi connectivity index (χ2v) is 8.49. The van der Waals surface area contributed by atoms with E-state index < -0.39 is 31.8 Å². The number of halogens is 1. The molecule has 6 nitrogen and oxygen atoms in total. The minimum Gasteiger partial charge on any atom is -0.435 e. The van der Waals surface area contributed by atoms with Gasteiger partial charge in [0.25, 0.3) is 0 Å². The van der Waals surface area contributed by atoms with Crippen LogP contribution < -0.4 is 0 Å². The van der Waals surface area contributed by atoms with Crippen LogP contribution in [0.4, 0.5) is 4.39 Å². The zero-order chi connectivity index (χ0) is 22.9. The largest absolute Gasteiger partial charge is 0.477 e. The first-order valence-corrected chi connectivity index (χ1v) is 11.9.